The van der Waals surface area contributed by atoms with Crippen molar-refractivity contribution in [2.45, 2.75) is 51.4 Å². The summed E-state index contributed by atoms with van der Waals surface area (Å²) in [6, 6.07) is 2.21. The molecule has 0 unspecified atom stereocenters. The first kappa shape index (κ1) is 26.8. The van der Waals surface area contributed by atoms with Crippen LogP contribution in [0.5, 0.6) is 11.5 Å². The normalized spacial score (nSPS) is 20.1. The molecule has 1 aliphatic heterocycles. The van der Waals surface area contributed by atoms with E-state index in [9.17, 15) is 24.2 Å². The first-order chi connectivity index (χ1) is 18.7. The second-order valence-electron chi connectivity index (χ2n) is 10.2. The average Bonchev–Trinajstić information content (AvgIpc) is 3.67. The number of halogens is 1. The van der Waals surface area contributed by atoms with Crippen molar-refractivity contribution in [1.29, 1.82) is 0 Å². The fraction of sp³-hybridized carbons (Fsp3) is 0.481. The molecule has 0 bridgehead atoms. The number of nitrogens with zero attached hydrogens (tertiary/aromatic N) is 3. The molecule has 4 N–H and O–H groups in total. The monoisotopic (exact) mass is 541 g/mol. The van der Waals surface area contributed by atoms with Crippen molar-refractivity contribution >= 4 is 22.8 Å². The van der Waals surface area contributed by atoms with Crippen LogP contribution in [0.2, 0.25) is 0 Å². The van der Waals surface area contributed by atoms with Gasteiger partial charge in [-0.2, -0.15) is 0 Å². The van der Waals surface area contributed by atoms with E-state index in [1.54, 1.807) is 6.92 Å². The molecule has 11 nitrogen and oxygen atoms in total. The summed E-state index contributed by atoms with van der Waals surface area (Å²) in [6.45, 7) is 3.87. The van der Waals surface area contributed by atoms with Crippen LogP contribution in [0.4, 0.5) is 4.39 Å². The Labute approximate surface area is 224 Å². The smallest absolute Gasteiger partial charge is 0.255 e. The number of carbonyl (C=O) groups excluding carboxylic acids is 2. The third kappa shape index (κ3) is 5.39. The molecule has 1 aliphatic carbocycles. The van der Waals surface area contributed by atoms with Crippen molar-refractivity contribution < 1.29 is 33.7 Å². The number of fused-ring (bicyclic) bond motifs is 1. The van der Waals surface area contributed by atoms with Crippen LogP contribution in [0.25, 0.3) is 22.3 Å². The number of aryl methyl sites for hydroxylation is 1. The highest BCUT2D eigenvalue weighted by Gasteiger charge is 2.33. The second-order valence-corrected chi connectivity index (χ2v) is 10.2. The summed E-state index contributed by atoms with van der Waals surface area (Å²) in [4.78, 5) is 38.9. The highest BCUT2D eigenvalue weighted by Crippen LogP contribution is 2.39. The van der Waals surface area contributed by atoms with E-state index in [0.29, 0.717) is 59.2 Å². The summed E-state index contributed by atoms with van der Waals surface area (Å²) < 4.78 is 25.7. The van der Waals surface area contributed by atoms with Crippen LogP contribution in [-0.2, 0) is 4.79 Å². The number of H-pyrrole nitrogens is 1. The summed E-state index contributed by atoms with van der Waals surface area (Å²) in [6.07, 6.45) is 1.64. The van der Waals surface area contributed by atoms with E-state index in [4.69, 9.17) is 9.47 Å². The van der Waals surface area contributed by atoms with E-state index < -0.39 is 35.9 Å². The number of aliphatic hydroxyl groups is 2. The molecule has 208 valence electrons. The number of rotatable bonds is 8. The van der Waals surface area contributed by atoms with Crippen molar-refractivity contribution in [3.63, 3.8) is 0 Å². The molecule has 2 amide bonds. The molecule has 2 aromatic heterocycles. The fourth-order valence-corrected chi connectivity index (χ4v) is 4.90. The Morgan fingerprint density at radius 3 is 2.69 bits per heavy atom. The molecule has 3 atom stereocenters. The van der Waals surface area contributed by atoms with Crippen LogP contribution in [0.1, 0.15) is 42.2 Å². The molecule has 2 aliphatic rings. The van der Waals surface area contributed by atoms with Crippen LogP contribution in [0.15, 0.2) is 18.5 Å². The highest BCUT2D eigenvalue weighted by atomic mass is 19.1. The number of aromatic amines is 1. The van der Waals surface area contributed by atoms with E-state index in [1.165, 1.54) is 37.4 Å². The molecule has 12 heteroatoms. The number of hydrogen-bond acceptors (Lipinski definition) is 8. The van der Waals surface area contributed by atoms with Gasteiger partial charge in [-0.3, -0.25) is 9.59 Å². The average molecular weight is 542 g/mol. The number of methoxy groups -OCH3 is 1. The molecule has 1 saturated carbocycles. The van der Waals surface area contributed by atoms with Gasteiger partial charge in [0, 0.05) is 30.4 Å². The number of piperidine rings is 1. The quantitative estimate of drug-likeness (QED) is 0.338. The first-order valence-corrected chi connectivity index (χ1v) is 13.0. The Balaban J connectivity index is 1.44. The van der Waals surface area contributed by atoms with Gasteiger partial charge in [0.25, 0.3) is 11.8 Å². The van der Waals surface area contributed by atoms with Gasteiger partial charge in [0.15, 0.2) is 11.6 Å². The highest BCUT2D eigenvalue weighted by molar-refractivity contribution is 6.09. The minimum atomic E-state index is -1.16. The molecule has 0 radical (unpaired) electrons. The van der Waals surface area contributed by atoms with Gasteiger partial charge in [-0.1, -0.05) is 0 Å². The number of carbonyl (C=O) groups is 2. The summed E-state index contributed by atoms with van der Waals surface area (Å²) in [5.74, 6) is -0.659. The maximum Gasteiger partial charge on any atom is 0.255 e. The first-order valence-electron chi connectivity index (χ1n) is 13.0. The SMILES string of the molecule is COc1cc(-c2ncnc3c(C(=O)N[C@@H]4CCN(C(=O)[C@H](C)O)C[C@H]4O)c(C)[nH]c23)c(OCC2CC2)cc1F. The lowest BCUT2D eigenvalue weighted by atomic mass is 10.0. The molecular formula is C27H32FN5O6. The molecule has 3 heterocycles. The minimum Gasteiger partial charge on any atom is -0.494 e. The maximum atomic E-state index is 14.6. The second kappa shape index (κ2) is 10.8. The molecular weight excluding hydrogens is 509 g/mol. The molecule has 0 spiro atoms. The lowest BCUT2D eigenvalue weighted by Crippen LogP contribution is -2.56. The van der Waals surface area contributed by atoms with E-state index >= 15 is 0 Å². The number of likely N-dealkylation sites (tertiary alicyclic amines) is 1. The summed E-state index contributed by atoms with van der Waals surface area (Å²) in [7, 11) is 1.38. The van der Waals surface area contributed by atoms with Gasteiger partial charge in [0.1, 0.15) is 29.4 Å². The van der Waals surface area contributed by atoms with Crippen LogP contribution in [0.3, 0.4) is 0 Å². The zero-order valence-corrected chi connectivity index (χ0v) is 22.0. The van der Waals surface area contributed by atoms with Crippen LogP contribution < -0.4 is 14.8 Å². The number of aliphatic hydroxyl groups excluding tert-OH is 2. The van der Waals surface area contributed by atoms with Gasteiger partial charge >= 0.3 is 0 Å². The van der Waals surface area contributed by atoms with Crippen molar-refractivity contribution in [2.75, 3.05) is 26.8 Å². The molecule has 1 saturated heterocycles. The van der Waals surface area contributed by atoms with E-state index in [1.807, 2.05) is 0 Å². The predicted molar refractivity (Wildman–Crippen MR) is 139 cm³/mol. The van der Waals surface area contributed by atoms with Gasteiger partial charge < -0.3 is 34.9 Å². The number of nitrogens with one attached hydrogen (secondary N) is 2. The summed E-state index contributed by atoms with van der Waals surface area (Å²) in [5, 5.41) is 23.0. The lowest BCUT2D eigenvalue weighted by Gasteiger charge is -2.36. The lowest BCUT2D eigenvalue weighted by molar-refractivity contribution is -0.142. The van der Waals surface area contributed by atoms with E-state index in [-0.39, 0.29) is 17.9 Å². The fourth-order valence-electron chi connectivity index (χ4n) is 4.90. The largest absolute Gasteiger partial charge is 0.494 e. The summed E-state index contributed by atoms with van der Waals surface area (Å²) >= 11 is 0. The third-order valence-corrected chi connectivity index (χ3v) is 7.25. The number of β-amino-alcohol motifs (C(OH)–C–C–N with tert-alkyl or cyclic N) is 1. The van der Waals surface area contributed by atoms with E-state index in [0.717, 1.165) is 12.8 Å². The van der Waals surface area contributed by atoms with Crippen LogP contribution in [0, 0.1) is 18.7 Å². The predicted octanol–water partition coefficient (Wildman–Crippen LogP) is 1.94. The minimum absolute atomic E-state index is 0.00387. The zero-order valence-electron chi connectivity index (χ0n) is 22.0. The Morgan fingerprint density at radius 2 is 2.03 bits per heavy atom. The number of amides is 2. The third-order valence-electron chi connectivity index (χ3n) is 7.25. The Morgan fingerprint density at radius 1 is 1.26 bits per heavy atom. The van der Waals surface area contributed by atoms with E-state index in [2.05, 4.69) is 20.3 Å². The van der Waals surface area contributed by atoms with Gasteiger partial charge in [0.05, 0.1) is 36.9 Å². The number of aromatic nitrogens is 3. The standard InChI is InChI=1S/C27H32FN5O6/c1-13-22(26(36)32-18-6-7-33(10-19(18)35)27(37)14(2)34)24-25(31-13)23(29-12-30-24)16-8-21(38-3)17(28)9-20(16)39-11-15-4-5-15/h8-9,12,14-15,18-19,31,34-35H,4-7,10-11H2,1-3H3,(H,32,36)/t14-,18+,19+/m0/s1. The Bertz CT molecular complexity index is 1410. The molecule has 2 fully saturated rings. The molecule has 3 aromatic rings. The van der Waals surface area contributed by atoms with Crippen molar-refractivity contribution in [2.24, 2.45) is 5.92 Å². The molecule has 5 rings (SSSR count). The number of ether oxygens (including phenoxy) is 2. The topological polar surface area (TPSA) is 150 Å². The van der Waals surface area contributed by atoms with Gasteiger partial charge in [-0.05, 0) is 45.1 Å². The van der Waals surface area contributed by atoms with Crippen molar-refractivity contribution in [3.05, 3.63) is 35.5 Å². The number of hydrogen-bond donors (Lipinski definition) is 4. The van der Waals surface area contributed by atoms with Gasteiger partial charge in [0.2, 0.25) is 0 Å². The van der Waals surface area contributed by atoms with Crippen molar-refractivity contribution in [1.82, 2.24) is 25.2 Å². The van der Waals surface area contributed by atoms with Crippen LogP contribution >= 0.6 is 0 Å². The van der Waals surface area contributed by atoms with Gasteiger partial charge in [-0.15, -0.1) is 0 Å². The molecule has 1 aromatic carbocycles. The summed E-state index contributed by atoms with van der Waals surface area (Å²) in [5.41, 5.74) is 2.59. The van der Waals surface area contributed by atoms with Crippen molar-refractivity contribution in [3.8, 4) is 22.8 Å². The zero-order chi connectivity index (χ0) is 27.8. The van der Waals surface area contributed by atoms with Gasteiger partial charge in [-0.25, -0.2) is 14.4 Å². The van der Waals surface area contributed by atoms with Crippen LogP contribution in [-0.4, -0.2) is 86.9 Å². The number of benzene rings is 1. The Kier molecular flexibility index (Phi) is 7.41. The Hall–Kier alpha value is -3.77. The molecule has 39 heavy (non-hydrogen) atoms. The maximum absolute atomic E-state index is 14.6.